The predicted octanol–water partition coefficient (Wildman–Crippen LogP) is 6.31. The second-order valence-corrected chi connectivity index (χ2v) is 8.89. The summed E-state index contributed by atoms with van der Waals surface area (Å²) in [6.45, 7) is 1.94. The molecule has 35 heavy (non-hydrogen) atoms. The van der Waals surface area contributed by atoms with Crippen LogP contribution in [0.3, 0.4) is 0 Å². The predicted molar refractivity (Wildman–Crippen MR) is 138 cm³/mol. The van der Waals surface area contributed by atoms with Gasteiger partial charge in [0, 0.05) is 52.6 Å². The SMILES string of the molecule is CCCC(=O)Cc1cc(Nc2cc(Cl)cc(Cl)c2)c(C(=O)Nc2ccc(CCC(=O)O)cc2)cn1. The van der Waals surface area contributed by atoms with E-state index in [1.807, 2.05) is 6.92 Å². The maximum atomic E-state index is 13.1. The lowest BCUT2D eigenvalue weighted by atomic mass is 10.1. The van der Waals surface area contributed by atoms with Crippen LogP contribution in [0.5, 0.6) is 0 Å². The number of aromatic nitrogens is 1. The van der Waals surface area contributed by atoms with Crippen molar-refractivity contribution in [2.75, 3.05) is 10.6 Å². The Hall–Kier alpha value is -3.42. The number of benzene rings is 2. The lowest BCUT2D eigenvalue weighted by molar-refractivity contribution is -0.137. The molecule has 1 amide bonds. The highest BCUT2D eigenvalue weighted by Crippen LogP contribution is 2.28. The Morgan fingerprint density at radius 3 is 2.26 bits per heavy atom. The molecule has 1 aromatic heterocycles. The molecule has 0 unspecified atom stereocenters. The van der Waals surface area contributed by atoms with E-state index in [9.17, 15) is 14.4 Å². The van der Waals surface area contributed by atoms with Crippen molar-refractivity contribution in [2.24, 2.45) is 0 Å². The Bertz CT molecular complexity index is 1210. The summed E-state index contributed by atoms with van der Waals surface area (Å²) in [5.74, 6) is -1.20. The first-order valence-corrected chi connectivity index (χ1v) is 11.8. The third-order valence-corrected chi connectivity index (χ3v) is 5.53. The third-order valence-electron chi connectivity index (χ3n) is 5.09. The molecule has 0 aliphatic carbocycles. The van der Waals surface area contributed by atoms with Gasteiger partial charge in [0.25, 0.3) is 5.91 Å². The topological polar surface area (TPSA) is 108 Å². The van der Waals surface area contributed by atoms with Gasteiger partial charge < -0.3 is 15.7 Å². The number of Topliss-reactive ketones (excluding diaryl/α,β-unsaturated/α-hetero) is 1. The van der Waals surface area contributed by atoms with Gasteiger partial charge in [0.1, 0.15) is 5.78 Å². The lowest BCUT2D eigenvalue weighted by Gasteiger charge is -2.14. The van der Waals surface area contributed by atoms with Gasteiger partial charge in [-0.1, -0.05) is 42.3 Å². The molecule has 0 saturated heterocycles. The van der Waals surface area contributed by atoms with E-state index in [-0.39, 0.29) is 24.2 Å². The first kappa shape index (κ1) is 26.2. The van der Waals surface area contributed by atoms with Crippen LogP contribution in [0.15, 0.2) is 54.7 Å². The van der Waals surface area contributed by atoms with Crippen molar-refractivity contribution in [1.29, 1.82) is 0 Å². The Labute approximate surface area is 213 Å². The van der Waals surface area contributed by atoms with Gasteiger partial charge in [0.15, 0.2) is 0 Å². The number of pyridine rings is 1. The van der Waals surface area contributed by atoms with Gasteiger partial charge in [-0.3, -0.25) is 19.4 Å². The van der Waals surface area contributed by atoms with Crippen LogP contribution in [0.1, 0.15) is 47.8 Å². The summed E-state index contributed by atoms with van der Waals surface area (Å²) in [5, 5.41) is 15.7. The van der Waals surface area contributed by atoms with Gasteiger partial charge in [-0.2, -0.15) is 0 Å². The van der Waals surface area contributed by atoms with E-state index in [4.69, 9.17) is 28.3 Å². The average Bonchev–Trinajstić information content (AvgIpc) is 2.78. The van der Waals surface area contributed by atoms with Crippen molar-refractivity contribution in [3.05, 3.63) is 81.6 Å². The number of anilines is 3. The first-order valence-electron chi connectivity index (χ1n) is 11.1. The molecule has 9 heteroatoms. The van der Waals surface area contributed by atoms with Crippen LogP contribution in [0.25, 0.3) is 0 Å². The van der Waals surface area contributed by atoms with Crippen molar-refractivity contribution in [3.63, 3.8) is 0 Å². The first-order chi connectivity index (χ1) is 16.7. The molecule has 0 atom stereocenters. The molecule has 182 valence electrons. The van der Waals surface area contributed by atoms with Crippen molar-refractivity contribution in [1.82, 2.24) is 4.98 Å². The highest BCUT2D eigenvalue weighted by molar-refractivity contribution is 6.35. The summed E-state index contributed by atoms with van der Waals surface area (Å²) in [7, 11) is 0. The van der Waals surface area contributed by atoms with Crippen LogP contribution >= 0.6 is 23.2 Å². The van der Waals surface area contributed by atoms with Crippen LogP contribution in [0.2, 0.25) is 10.0 Å². The van der Waals surface area contributed by atoms with E-state index in [0.717, 1.165) is 12.0 Å². The van der Waals surface area contributed by atoms with Crippen LogP contribution in [0, 0.1) is 0 Å². The van der Waals surface area contributed by atoms with Crippen molar-refractivity contribution < 1.29 is 19.5 Å². The van der Waals surface area contributed by atoms with E-state index >= 15 is 0 Å². The smallest absolute Gasteiger partial charge is 0.303 e. The molecule has 2 aromatic carbocycles. The van der Waals surface area contributed by atoms with Gasteiger partial charge >= 0.3 is 5.97 Å². The number of carboxylic acid groups (broad SMARTS) is 1. The third kappa shape index (κ3) is 8.09. The summed E-state index contributed by atoms with van der Waals surface area (Å²) >= 11 is 12.2. The molecule has 0 spiro atoms. The summed E-state index contributed by atoms with van der Waals surface area (Å²) < 4.78 is 0. The monoisotopic (exact) mass is 513 g/mol. The number of hydrogen-bond acceptors (Lipinski definition) is 5. The molecule has 0 aliphatic rings. The number of hydrogen-bond donors (Lipinski definition) is 3. The molecular weight excluding hydrogens is 489 g/mol. The van der Waals surface area contributed by atoms with Crippen LogP contribution in [-0.2, 0) is 22.4 Å². The van der Waals surface area contributed by atoms with Gasteiger partial charge in [-0.25, -0.2) is 0 Å². The van der Waals surface area contributed by atoms with Crippen LogP contribution in [-0.4, -0.2) is 27.8 Å². The maximum Gasteiger partial charge on any atom is 0.303 e. The van der Waals surface area contributed by atoms with E-state index in [0.29, 0.717) is 45.6 Å². The summed E-state index contributed by atoms with van der Waals surface area (Å²) in [4.78, 5) is 40.3. The number of rotatable bonds is 11. The molecule has 0 saturated carbocycles. The van der Waals surface area contributed by atoms with Crippen molar-refractivity contribution in [2.45, 2.75) is 39.0 Å². The van der Waals surface area contributed by atoms with Crippen LogP contribution in [0.4, 0.5) is 17.1 Å². The molecule has 0 radical (unpaired) electrons. The Morgan fingerprint density at radius 1 is 0.943 bits per heavy atom. The molecular formula is C26H25Cl2N3O4. The van der Waals surface area contributed by atoms with Crippen LogP contribution < -0.4 is 10.6 Å². The van der Waals surface area contributed by atoms with Gasteiger partial charge in [-0.15, -0.1) is 0 Å². The molecule has 0 aliphatic heterocycles. The molecule has 3 N–H and O–H groups in total. The lowest BCUT2D eigenvalue weighted by Crippen LogP contribution is -2.15. The molecule has 0 bridgehead atoms. The van der Waals surface area contributed by atoms with Crippen molar-refractivity contribution >= 4 is 57.9 Å². The van der Waals surface area contributed by atoms with Crippen molar-refractivity contribution in [3.8, 4) is 0 Å². The average molecular weight is 514 g/mol. The van der Waals surface area contributed by atoms with E-state index in [1.165, 1.54) is 6.20 Å². The van der Waals surface area contributed by atoms with E-state index in [1.54, 1.807) is 48.5 Å². The van der Waals surface area contributed by atoms with Gasteiger partial charge in [0.05, 0.1) is 11.3 Å². The quantitative estimate of drug-likeness (QED) is 0.277. The number of aliphatic carboxylic acids is 1. The molecule has 0 fully saturated rings. The fourth-order valence-corrected chi connectivity index (χ4v) is 3.96. The van der Waals surface area contributed by atoms with Gasteiger partial charge in [0.2, 0.25) is 0 Å². The zero-order valence-corrected chi connectivity index (χ0v) is 20.6. The van der Waals surface area contributed by atoms with E-state index < -0.39 is 11.9 Å². The Kier molecular flexibility index (Phi) is 9.23. The fraction of sp³-hybridized carbons (Fsp3) is 0.231. The molecule has 3 aromatic rings. The fourth-order valence-electron chi connectivity index (χ4n) is 3.43. The number of halogens is 2. The second kappa shape index (κ2) is 12.3. The Balaban J connectivity index is 1.85. The number of carboxylic acids is 1. The molecule has 7 nitrogen and oxygen atoms in total. The zero-order chi connectivity index (χ0) is 25.4. The highest BCUT2D eigenvalue weighted by atomic mass is 35.5. The number of amides is 1. The minimum absolute atomic E-state index is 0.0348. The van der Waals surface area contributed by atoms with E-state index in [2.05, 4.69) is 15.6 Å². The number of aryl methyl sites for hydroxylation is 1. The molecule has 1 heterocycles. The number of nitrogens with zero attached hydrogens (tertiary/aromatic N) is 1. The maximum absolute atomic E-state index is 13.1. The Morgan fingerprint density at radius 2 is 1.63 bits per heavy atom. The summed E-state index contributed by atoms with van der Waals surface area (Å²) in [6, 6.07) is 13.6. The van der Waals surface area contributed by atoms with Gasteiger partial charge in [-0.05, 0) is 54.8 Å². The number of carbonyl (C=O) groups excluding carboxylic acids is 2. The number of nitrogens with one attached hydrogen (secondary N) is 2. The highest BCUT2D eigenvalue weighted by Gasteiger charge is 2.16. The minimum Gasteiger partial charge on any atom is -0.481 e. The number of ketones is 1. The minimum atomic E-state index is -0.865. The number of carbonyl (C=O) groups is 3. The summed E-state index contributed by atoms with van der Waals surface area (Å²) in [5.41, 5.74) is 3.24. The zero-order valence-electron chi connectivity index (χ0n) is 19.1. The standard InChI is InChI=1S/C26H25Cl2N3O4/c1-2-3-22(32)13-20-14-24(30-21-11-17(27)10-18(28)12-21)23(15-29-20)26(35)31-19-7-4-16(5-8-19)6-9-25(33)34/h4-5,7-8,10-12,14-15H,2-3,6,9,13H2,1H3,(H,29,30)(H,31,35)(H,33,34). The summed E-state index contributed by atoms with van der Waals surface area (Å²) in [6.07, 6.45) is 3.24. The largest absolute Gasteiger partial charge is 0.481 e. The normalized spacial score (nSPS) is 10.6. The molecule has 3 rings (SSSR count). The second-order valence-electron chi connectivity index (χ2n) is 8.01.